The van der Waals surface area contributed by atoms with Crippen LogP contribution >= 0.6 is 0 Å². The van der Waals surface area contributed by atoms with Crippen LogP contribution in [0, 0.1) is 6.92 Å². The first-order valence-corrected chi connectivity index (χ1v) is 4.79. The van der Waals surface area contributed by atoms with E-state index in [1.807, 2.05) is 13.8 Å². The molecule has 2 heteroatoms. The Morgan fingerprint density at radius 3 is 2.43 bits per heavy atom. The number of hydrogen-bond acceptors (Lipinski definition) is 2. The highest BCUT2D eigenvalue weighted by Crippen LogP contribution is 2.28. The Labute approximate surface area is 85.1 Å². The van der Waals surface area contributed by atoms with Crippen LogP contribution in [0.25, 0.3) is 12.2 Å². The lowest BCUT2D eigenvalue weighted by Gasteiger charge is -2.05. The molecule has 0 aliphatic heterocycles. The third-order valence-corrected chi connectivity index (χ3v) is 2.43. The first kappa shape index (κ1) is 10.8. The van der Waals surface area contributed by atoms with Gasteiger partial charge >= 0.3 is 0 Å². The predicted molar refractivity (Wildman–Crippen MR) is 60.8 cm³/mol. The van der Waals surface area contributed by atoms with Gasteiger partial charge in [-0.25, -0.2) is 0 Å². The van der Waals surface area contributed by atoms with Gasteiger partial charge in [-0.2, -0.15) is 0 Å². The van der Waals surface area contributed by atoms with Gasteiger partial charge in [-0.3, -0.25) is 0 Å². The fraction of sp³-hybridized carbons (Fsp3) is 0.333. The maximum absolute atomic E-state index is 5.92. The topological polar surface area (TPSA) is 39.2 Å². The zero-order valence-electron chi connectivity index (χ0n) is 8.84. The summed E-state index contributed by atoms with van der Waals surface area (Å²) in [5, 5.41) is 0. The van der Waals surface area contributed by atoms with Gasteiger partial charge in [0.05, 0.1) is 6.04 Å². The summed E-state index contributed by atoms with van der Waals surface area (Å²) < 4.78 is 5.62. The lowest BCUT2D eigenvalue weighted by molar-refractivity contribution is 0.451. The Kier molecular flexibility index (Phi) is 3.31. The molecule has 1 atom stereocenters. The van der Waals surface area contributed by atoms with Crippen molar-refractivity contribution < 1.29 is 4.42 Å². The van der Waals surface area contributed by atoms with E-state index in [0.717, 1.165) is 29.1 Å². The quantitative estimate of drug-likeness (QED) is 0.793. The molecule has 0 aliphatic rings. The minimum Gasteiger partial charge on any atom is -0.459 e. The van der Waals surface area contributed by atoms with Crippen molar-refractivity contribution in [3.05, 3.63) is 35.8 Å². The van der Waals surface area contributed by atoms with E-state index in [2.05, 4.69) is 13.2 Å². The number of hydrogen-bond donors (Lipinski definition) is 1. The molecule has 0 aromatic carbocycles. The fourth-order valence-electron chi connectivity index (χ4n) is 1.51. The van der Waals surface area contributed by atoms with Crippen molar-refractivity contribution in [3.63, 3.8) is 0 Å². The maximum atomic E-state index is 5.92. The summed E-state index contributed by atoms with van der Waals surface area (Å²) in [4.78, 5) is 0. The lowest BCUT2D eigenvalue weighted by atomic mass is 10.1. The monoisotopic (exact) mass is 191 g/mol. The molecule has 2 N–H and O–H groups in total. The third-order valence-electron chi connectivity index (χ3n) is 2.43. The Morgan fingerprint density at radius 2 is 2.07 bits per heavy atom. The normalized spacial score (nSPS) is 12.5. The fourth-order valence-corrected chi connectivity index (χ4v) is 1.51. The first-order chi connectivity index (χ1) is 6.65. The van der Waals surface area contributed by atoms with E-state index in [9.17, 15) is 0 Å². The van der Waals surface area contributed by atoms with E-state index in [1.54, 1.807) is 12.2 Å². The molecule has 0 spiro atoms. The standard InChI is InChI=1S/C12H17NO/c1-5-9-8(4)12(10(13)6-2)14-11(9)7-3/h5,7,10H,1,3,6,13H2,2,4H3. The second kappa shape index (κ2) is 4.29. The maximum Gasteiger partial charge on any atom is 0.134 e. The van der Waals surface area contributed by atoms with E-state index in [0.29, 0.717) is 0 Å². The highest BCUT2D eigenvalue weighted by atomic mass is 16.3. The zero-order valence-corrected chi connectivity index (χ0v) is 8.84. The van der Waals surface area contributed by atoms with Gasteiger partial charge in [0.1, 0.15) is 11.5 Å². The van der Waals surface area contributed by atoms with Gasteiger partial charge in [-0.1, -0.05) is 26.2 Å². The second-order valence-electron chi connectivity index (χ2n) is 3.29. The summed E-state index contributed by atoms with van der Waals surface area (Å²) >= 11 is 0. The highest BCUT2D eigenvalue weighted by Gasteiger charge is 2.16. The van der Waals surface area contributed by atoms with Crippen LogP contribution in [0.3, 0.4) is 0 Å². The molecule has 1 rings (SSSR count). The van der Waals surface area contributed by atoms with Gasteiger partial charge in [0.15, 0.2) is 0 Å². The van der Waals surface area contributed by atoms with Crippen LogP contribution in [0.2, 0.25) is 0 Å². The van der Waals surface area contributed by atoms with Crippen molar-refractivity contribution in [2.45, 2.75) is 26.3 Å². The summed E-state index contributed by atoms with van der Waals surface area (Å²) in [5.74, 6) is 1.61. The average molecular weight is 191 g/mol. The first-order valence-electron chi connectivity index (χ1n) is 4.79. The highest BCUT2D eigenvalue weighted by molar-refractivity contribution is 5.63. The Hall–Kier alpha value is -1.28. The van der Waals surface area contributed by atoms with Gasteiger partial charge in [-0.15, -0.1) is 0 Å². The molecule has 2 nitrogen and oxygen atoms in total. The number of nitrogens with two attached hydrogens (primary N) is 1. The van der Waals surface area contributed by atoms with Crippen molar-refractivity contribution in [2.75, 3.05) is 0 Å². The van der Waals surface area contributed by atoms with Crippen LogP contribution in [-0.2, 0) is 0 Å². The van der Waals surface area contributed by atoms with Crippen LogP contribution < -0.4 is 5.73 Å². The average Bonchev–Trinajstić information content (AvgIpc) is 2.53. The predicted octanol–water partition coefficient (Wildman–Crippen LogP) is 3.28. The molecule has 0 saturated carbocycles. The van der Waals surface area contributed by atoms with Gasteiger partial charge in [0.2, 0.25) is 0 Å². The molecule has 1 heterocycles. The number of furan rings is 1. The molecule has 0 saturated heterocycles. The van der Waals surface area contributed by atoms with Gasteiger partial charge in [-0.05, 0) is 25.0 Å². The van der Waals surface area contributed by atoms with Crippen LogP contribution in [0.15, 0.2) is 17.6 Å². The molecule has 0 aliphatic carbocycles. The molecule has 0 radical (unpaired) electrons. The SMILES string of the molecule is C=Cc1oc(C(N)CC)c(C)c1C=C. The van der Waals surface area contributed by atoms with Crippen LogP contribution in [0.4, 0.5) is 0 Å². The van der Waals surface area contributed by atoms with E-state index < -0.39 is 0 Å². The summed E-state index contributed by atoms with van der Waals surface area (Å²) in [5.41, 5.74) is 8.00. The van der Waals surface area contributed by atoms with Gasteiger partial charge < -0.3 is 10.2 Å². The van der Waals surface area contributed by atoms with Crippen LogP contribution in [0.5, 0.6) is 0 Å². The largest absolute Gasteiger partial charge is 0.459 e. The molecular formula is C12H17NO. The van der Waals surface area contributed by atoms with E-state index in [1.165, 1.54) is 0 Å². The van der Waals surface area contributed by atoms with E-state index in [-0.39, 0.29) is 6.04 Å². The minimum atomic E-state index is -0.0394. The smallest absolute Gasteiger partial charge is 0.134 e. The summed E-state index contributed by atoms with van der Waals surface area (Å²) in [6, 6.07) is -0.0394. The molecule has 1 unspecified atom stereocenters. The Bertz CT molecular complexity index is 349. The Morgan fingerprint density at radius 1 is 1.43 bits per heavy atom. The molecule has 0 fully saturated rings. The van der Waals surface area contributed by atoms with E-state index >= 15 is 0 Å². The van der Waals surface area contributed by atoms with Crippen molar-refractivity contribution in [3.8, 4) is 0 Å². The molecule has 1 aromatic heterocycles. The van der Waals surface area contributed by atoms with Crippen LogP contribution in [-0.4, -0.2) is 0 Å². The van der Waals surface area contributed by atoms with Crippen molar-refractivity contribution in [1.29, 1.82) is 0 Å². The second-order valence-corrected chi connectivity index (χ2v) is 3.29. The summed E-state index contributed by atoms with van der Waals surface area (Å²) in [6.07, 6.45) is 4.33. The lowest BCUT2D eigenvalue weighted by Crippen LogP contribution is -2.08. The molecule has 14 heavy (non-hydrogen) atoms. The third kappa shape index (κ3) is 1.66. The van der Waals surface area contributed by atoms with E-state index in [4.69, 9.17) is 10.2 Å². The van der Waals surface area contributed by atoms with Crippen LogP contribution in [0.1, 0.15) is 42.0 Å². The van der Waals surface area contributed by atoms with Crippen molar-refractivity contribution in [1.82, 2.24) is 0 Å². The molecular weight excluding hydrogens is 174 g/mol. The van der Waals surface area contributed by atoms with Gasteiger partial charge in [0.25, 0.3) is 0 Å². The summed E-state index contributed by atoms with van der Waals surface area (Å²) in [6.45, 7) is 11.5. The molecule has 76 valence electrons. The molecule has 0 bridgehead atoms. The zero-order chi connectivity index (χ0) is 10.7. The molecule has 1 aromatic rings. The van der Waals surface area contributed by atoms with Gasteiger partial charge in [0, 0.05) is 5.56 Å². The summed E-state index contributed by atoms with van der Waals surface area (Å²) in [7, 11) is 0. The van der Waals surface area contributed by atoms with Crippen molar-refractivity contribution >= 4 is 12.2 Å². The molecule has 0 amide bonds. The minimum absolute atomic E-state index is 0.0394. The Balaban J connectivity index is 3.26. The van der Waals surface area contributed by atoms with Crippen molar-refractivity contribution in [2.24, 2.45) is 5.73 Å². The number of rotatable bonds is 4.